The summed E-state index contributed by atoms with van der Waals surface area (Å²) < 4.78 is 8.44. The van der Waals surface area contributed by atoms with Gasteiger partial charge in [-0.3, -0.25) is 0 Å². The van der Waals surface area contributed by atoms with Gasteiger partial charge in [0, 0.05) is 131 Å². The summed E-state index contributed by atoms with van der Waals surface area (Å²) in [5, 5.41) is 0. The van der Waals surface area contributed by atoms with Gasteiger partial charge >= 0.3 is 28.8 Å². The quantitative estimate of drug-likeness (QED) is 0.296. The fourth-order valence-corrected chi connectivity index (χ4v) is 0. The van der Waals surface area contributed by atoms with Crippen molar-refractivity contribution < 1.29 is 45.8 Å². The maximum atomic E-state index is 8.44. The summed E-state index contributed by atoms with van der Waals surface area (Å²) >= 11 is -0.222. The molecule has 0 unspecified atom stereocenters. The van der Waals surface area contributed by atoms with Gasteiger partial charge in [-0.05, 0) is 0 Å². The molecule has 0 aromatic rings. The Morgan fingerprint density at radius 1 is 1.17 bits per heavy atom. The fraction of sp³-hybridized carbons (Fsp3) is 0. The molecule has 0 amide bonds. The van der Waals surface area contributed by atoms with Crippen LogP contribution in [0.25, 0.3) is 0 Å². The van der Waals surface area contributed by atoms with Gasteiger partial charge in [0.15, 0.2) is 0 Å². The molecule has 0 fully saturated rings. The van der Waals surface area contributed by atoms with Crippen LogP contribution in [0.5, 0.6) is 0 Å². The minimum atomic E-state index is -0.222. The first-order valence-electron chi connectivity index (χ1n) is 0.289. The van der Waals surface area contributed by atoms with Gasteiger partial charge in [0.05, 0.1) is 0 Å². The van der Waals surface area contributed by atoms with Gasteiger partial charge in [0.1, 0.15) is 0 Å². The van der Waals surface area contributed by atoms with Crippen LogP contribution >= 0.6 is 0 Å². The maximum absolute atomic E-state index is 8.44. The molecule has 0 aliphatic carbocycles. The Kier molecular flexibility index (Phi) is 165. The molecule has 0 aliphatic rings. The van der Waals surface area contributed by atoms with Crippen LogP contribution in [-0.2, 0) is 45.8 Å². The topological polar surface area (TPSA) is 17.1 Å². The van der Waals surface area contributed by atoms with Gasteiger partial charge in [-0.2, -0.15) is 0 Å². The Morgan fingerprint density at radius 2 is 1.17 bits per heavy atom. The molecule has 0 N–H and O–H groups in total. The van der Waals surface area contributed by atoms with Crippen LogP contribution in [0.3, 0.4) is 0 Å². The van der Waals surface area contributed by atoms with E-state index in [0.717, 1.165) is 0 Å². The minimum Gasteiger partial charge on any atom is 0 e. The summed E-state index contributed by atoms with van der Waals surface area (Å²) in [5.74, 6) is 0. The van der Waals surface area contributed by atoms with E-state index in [2.05, 4.69) is 0 Å². The van der Waals surface area contributed by atoms with Crippen molar-refractivity contribution in [3.05, 3.63) is 0 Å². The number of hydrogen-bond acceptors (Lipinski definition) is 1. The zero-order valence-corrected chi connectivity index (χ0v) is 20.3. The van der Waals surface area contributed by atoms with E-state index in [0.29, 0.717) is 0 Å². The molecule has 0 saturated heterocycles. The molecule has 0 aromatic heterocycles. The number of hydrogen-bond donors (Lipinski definition) is 0. The molecule has 27 valence electrons. The van der Waals surface area contributed by atoms with Crippen LogP contribution in [0, 0.1) is 0 Å². The third-order valence-electron chi connectivity index (χ3n) is 0. The van der Waals surface area contributed by atoms with E-state index in [1.54, 1.807) is 0 Å². The summed E-state index contributed by atoms with van der Waals surface area (Å²) in [4.78, 5) is 0. The predicted octanol–water partition coefficient (Wildman–Crippen LogP) is -1.27. The average molecular weight is 665 g/mol. The Balaban J connectivity index is -0.000000000833. The summed E-state index contributed by atoms with van der Waals surface area (Å²) in [6.45, 7) is 0. The summed E-state index contributed by atoms with van der Waals surface area (Å²) in [6.07, 6.45) is 0. The van der Waals surface area contributed by atoms with E-state index in [9.17, 15) is 0 Å². The molecule has 0 rings (SSSR count). The molecule has 6 heavy (non-hydrogen) atoms. The fourth-order valence-electron chi connectivity index (χ4n) is 0. The molecule has 9 radical (unpaired) electrons. The molecular weight excluding hydrogens is 665 g/mol. The zero-order valence-electron chi connectivity index (χ0n) is 3.33. The van der Waals surface area contributed by atoms with E-state index >= 15 is 0 Å². The first-order chi connectivity index (χ1) is 1.00. The second-order valence-corrected chi connectivity index (χ2v) is 0. The molecule has 0 bridgehead atoms. The van der Waals surface area contributed by atoms with E-state index in [1.165, 1.54) is 0 Å². The van der Waals surface area contributed by atoms with Crippen molar-refractivity contribution in [3.8, 4) is 0 Å². The largest absolute Gasteiger partial charge is 0 e. The second kappa shape index (κ2) is 32.4. The molecule has 6 heteroatoms. The van der Waals surface area contributed by atoms with Gasteiger partial charge < -0.3 is 0 Å². The van der Waals surface area contributed by atoms with E-state index < -0.39 is 0 Å². The van der Waals surface area contributed by atoms with Crippen LogP contribution in [0.2, 0.25) is 0 Å². The summed E-state index contributed by atoms with van der Waals surface area (Å²) in [7, 11) is 0. The Bertz CT molecular complexity index is 15.5. The van der Waals surface area contributed by atoms with Gasteiger partial charge in [-0.25, -0.2) is 0 Å². The Hall–Kier alpha value is 5.01. The Labute approximate surface area is 155 Å². The van der Waals surface area contributed by atoms with Crippen molar-refractivity contribution in [3.63, 3.8) is 0 Å². The molecule has 0 atom stereocenters. The minimum absolute atomic E-state index is 0. The van der Waals surface area contributed by atoms with E-state index in [-0.39, 0.29) is 157 Å². The summed E-state index contributed by atoms with van der Waals surface area (Å²) in [5.41, 5.74) is 0. The van der Waals surface area contributed by atoms with Crippen molar-refractivity contribution in [1.82, 2.24) is 0 Å². The summed E-state index contributed by atoms with van der Waals surface area (Å²) in [6, 6.07) is 0. The first kappa shape index (κ1) is 30.5. The van der Waals surface area contributed by atoms with Gasteiger partial charge in [-0.1, -0.05) is 0 Å². The van der Waals surface area contributed by atoms with Gasteiger partial charge in [0.25, 0.3) is 0 Å². The smallest absolute Gasteiger partial charge is 0 e. The van der Waals surface area contributed by atoms with Crippen LogP contribution in [0.4, 0.5) is 0 Å². The van der Waals surface area contributed by atoms with Crippen molar-refractivity contribution in [2.24, 2.45) is 0 Å². The van der Waals surface area contributed by atoms with E-state index in [4.69, 9.17) is 2.64 Å². The predicted molar refractivity (Wildman–Crippen MR) is 17.9 cm³/mol. The molecule has 0 heterocycles. The van der Waals surface area contributed by atoms with Crippen LogP contribution in [0.1, 0.15) is 0 Å². The van der Waals surface area contributed by atoms with Crippen LogP contribution in [0.15, 0.2) is 0 Å². The van der Waals surface area contributed by atoms with Gasteiger partial charge in [0.2, 0.25) is 0 Å². The standard InChI is InChI=1S/Ba.Ca.Cu.Hg.O.Pb. The molecule has 0 aliphatic heterocycles. The van der Waals surface area contributed by atoms with Crippen molar-refractivity contribution >= 4 is 114 Å². The third-order valence-corrected chi connectivity index (χ3v) is 0. The first-order valence-corrected chi connectivity index (χ1v) is 2.53. The average Bonchev–Trinajstić information content (AvgIpc) is 1.00. The van der Waals surface area contributed by atoms with Crippen LogP contribution in [-0.4, -0.2) is 114 Å². The van der Waals surface area contributed by atoms with Crippen molar-refractivity contribution in [2.75, 3.05) is 0 Å². The molecular formula is BaCaCuHgOPb. The monoisotopic (exact) mass is 667 g/mol. The SMILES string of the molecule is [Ba].[Ca].[Cu].[O]=[Hg].[Pb]. The van der Waals surface area contributed by atoms with Crippen LogP contribution < -0.4 is 0 Å². The Morgan fingerprint density at radius 3 is 1.17 bits per heavy atom. The third kappa shape index (κ3) is 23.0. The normalized spacial score (nSPS) is 1.00. The van der Waals surface area contributed by atoms with Crippen molar-refractivity contribution in [1.29, 1.82) is 0 Å². The molecule has 0 aromatic carbocycles. The molecule has 0 saturated carbocycles. The maximum Gasteiger partial charge on any atom is 0 e. The number of rotatable bonds is 0. The second-order valence-electron chi connectivity index (χ2n) is 0. The van der Waals surface area contributed by atoms with Crippen molar-refractivity contribution in [2.45, 2.75) is 0 Å². The van der Waals surface area contributed by atoms with E-state index in [1.807, 2.05) is 0 Å². The molecule has 1 nitrogen and oxygen atoms in total. The zero-order chi connectivity index (χ0) is 2.00. The van der Waals surface area contributed by atoms with Gasteiger partial charge in [-0.15, -0.1) is 0 Å². The molecule has 0 spiro atoms.